The molecule has 17 heavy (non-hydrogen) atoms. The summed E-state index contributed by atoms with van der Waals surface area (Å²) in [4.78, 5) is 0. The van der Waals surface area contributed by atoms with Crippen LogP contribution < -0.4 is 5.73 Å². The second-order valence-electron chi connectivity index (χ2n) is 4.45. The standard InChI is InChI=1S/C13H13FN2O/c14-10-6-2-5-9(7-10)11-12(8-3-1-4-8)17-16-13(11)15/h2,5-8H,1,3-4H2,(H2,15,16). The molecule has 3 nitrogen and oxygen atoms in total. The van der Waals surface area contributed by atoms with Crippen molar-refractivity contribution in [2.24, 2.45) is 0 Å². The summed E-state index contributed by atoms with van der Waals surface area (Å²) >= 11 is 0. The van der Waals surface area contributed by atoms with Crippen molar-refractivity contribution in [2.75, 3.05) is 5.73 Å². The lowest BCUT2D eigenvalue weighted by Gasteiger charge is -2.23. The summed E-state index contributed by atoms with van der Waals surface area (Å²) in [5, 5.41) is 3.81. The molecule has 0 spiro atoms. The van der Waals surface area contributed by atoms with Gasteiger partial charge in [0.2, 0.25) is 0 Å². The van der Waals surface area contributed by atoms with Crippen LogP contribution in [-0.4, -0.2) is 5.16 Å². The summed E-state index contributed by atoms with van der Waals surface area (Å²) in [6, 6.07) is 6.37. The summed E-state index contributed by atoms with van der Waals surface area (Å²) in [5.41, 5.74) is 7.31. The number of hydrogen-bond acceptors (Lipinski definition) is 3. The normalized spacial score (nSPS) is 15.8. The van der Waals surface area contributed by atoms with Crippen molar-refractivity contribution < 1.29 is 8.91 Å². The third kappa shape index (κ3) is 1.69. The van der Waals surface area contributed by atoms with E-state index in [-0.39, 0.29) is 5.82 Å². The first-order chi connectivity index (χ1) is 8.25. The van der Waals surface area contributed by atoms with Crippen molar-refractivity contribution in [3.8, 4) is 11.1 Å². The van der Waals surface area contributed by atoms with Gasteiger partial charge in [0.1, 0.15) is 11.6 Å². The lowest BCUT2D eigenvalue weighted by Crippen LogP contribution is -2.09. The number of nitrogen functional groups attached to an aromatic ring is 1. The van der Waals surface area contributed by atoms with Gasteiger partial charge in [-0.15, -0.1) is 0 Å². The Bertz CT molecular complexity index is 546. The molecule has 1 aromatic carbocycles. The van der Waals surface area contributed by atoms with E-state index in [0.717, 1.165) is 29.7 Å². The van der Waals surface area contributed by atoms with Crippen LogP contribution in [0, 0.1) is 5.82 Å². The second-order valence-corrected chi connectivity index (χ2v) is 4.45. The minimum absolute atomic E-state index is 0.275. The van der Waals surface area contributed by atoms with Crippen molar-refractivity contribution >= 4 is 5.82 Å². The molecule has 0 aliphatic heterocycles. The van der Waals surface area contributed by atoms with Crippen LogP contribution in [0.15, 0.2) is 28.8 Å². The molecular weight excluding hydrogens is 219 g/mol. The van der Waals surface area contributed by atoms with Crippen LogP contribution in [0.4, 0.5) is 10.2 Å². The van der Waals surface area contributed by atoms with Gasteiger partial charge in [-0.05, 0) is 30.5 Å². The quantitative estimate of drug-likeness (QED) is 0.864. The lowest BCUT2D eigenvalue weighted by atomic mass is 9.81. The number of aromatic nitrogens is 1. The minimum atomic E-state index is -0.275. The number of anilines is 1. The van der Waals surface area contributed by atoms with Gasteiger partial charge in [0.25, 0.3) is 0 Å². The molecule has 1 aliphatic rings. The number of nitrogens with zero attached hydrogens (tertiary/aromatic N) is 1. The molecule has 0 radical (unpaired) electrons. The number of nitrogens with two attached hydrogens (primary N) is 1. The average Bonchev–Trinajstić information content (AvgIpc) is 2.58. The van der Waals surface area contributed by atoms with Crippen molar-refractivity contribution in [1.29, 1.82) is 0 Å². The maximum absolute atomic E-state index is 13.2. The Morgan fingerprint density at radius 1 is 1.35 bits per heavy atom. The van der Waals surface area contributed by atoms with Crippen molar-refractivity contribution in [1.82, 2.24) is 5.16 Å². The zero-order valence-corrected chi connectivity index (χ0v) is 9.32. The molecule has 1 aromatic heterocycles. The van der Waals surface area contributed by atoms with Gasteiger partial charge in [0.05, 0.1) is 5.56 Å². The Labute approximate surface area is 98.4 Å². The van der Waals surface area contributed by atoms with Gasteiger partial charge in [-0.25, -0.2) is 4.39 Å². The van der Waals surface area contributed by atoms with Crippen LogP contribution in [-0.2, 0) is 0 Å². The molecule has 4 heteroatoms. The van der Waals surface area contributed by atoms with Gasteiger partial charge < -0.3 is 10.3 Å². The van der Waals surface area contributed by atoms with Crippen molar-refractivity contribution in [3.63, 3.8) is 0 Å². The zero-order valence-electron chi connectivity index (χ0n) is 9.32. The highest BCUT2D eigenvalue weighted by atomic mass is 19.1. The number of halogens is 1. The van der Waals surface area contributed by atoms with Crippen molar-refractivity contribution in [2.45, 2.75) is 25.2 Å². The molecule has 0 amide bonds. The van der Waals surface area contributed by atoms with Crippen LogP contribution in [0.3, 0.4) is 0 Å². The molecule has 0 atom stereocenters. The van der Waals surface area contributed by atoms with Gasteiger partial charge in [0.15, 0.2) is 5.82 Å². The molecule has 3 rings (SSSR count). The Morgan fingerprint density at radius 2 is 2.18 bits per heavy atom. The Morgan fingerprint density at radius 3 is 2.82 bits per heavy atom. The van der Waals surface area contributed by atoms with E-state index in [0.29, 0.717) is 11.7 Å². The van der Waals surface area contributed by atoms with E-state index >= 15 is 0 Å². The van der Waals surface area contributed by atoms with Crippen LogP contribution in [0.2, 0.25) is 0 Å². The van der Waals surface area contributed by atoms with Gasteiger partial charge in [-0.1, -0.05) is 23.7 Å². The number of benzene rings is 1. The van der Waals surface area contributed by atoms with Crippen LogP contribution in [0.5, 0.6) is 0 Å². The van der Waals surface area contributed by atoms with E-state index in [9.17, 15) is 4.39 Å². The van der Waals surface area contributed by atoms with E-state index in [1.54, 1.807) is 6.07 Å². The third-order valence-electron chi connectivity index (χ3n) is 3.33. The lowest BCUT2D eigenvalue weighted by molar-refractivity contribution is 0.302. The number of rotatable bonds is 2. The molecule has 0 unspecified atom stereocenters. The molecule has 0 bridgehead atoms. The summed E-state index contributed by atoms with van der Waals surface area (Å²) < 4.78 is 18.5. The third-order valence-corrected chi connectivity index (χ3v) is 3.33. The van der Waals surface area contributed by atoms with Gasteiger partial charge in [-0.3, -0.25) is 0 Å². The average molecular weight is 232 g/mol. The van der Waals surface area contributed by atoms with Crippen molar-refractivity contribution in [3.05, 3.63) is 35.8 Å². The molecule has 0 saturated heterocycles. The van der Waals surface area contributed by atoms with Crippen LogP contribution >= 0.6 is 0 Å². The fourth-order valence-corrected chi connectivity index (χ4v) is 2.20. The molecule has 1 heterocycles. The smallest absolute Gasteiger partial charge is 0.175 e. The van der Waals surface area contributed by atoms with E-state index < -0.39 is 0 Å². The van der Waals surface area contributed by atoms with E-state index in [2.05, 4.69) is 5.16 Å². The molecule has 1 aliphatic carbocycles. The molecule has 1 fully saturated rings. The summed E-state index contributed by atoms with van der Waals surface area (Å²) in [7, 11) is 0. The molecule has 2 aromatic rings. The first kappa shape index (κ1) is 10.3. The molecule has 2 N–H and O–H groups in total. The Kier molecular flexibility index (Phi) is 2.35. The first-order valence-electron chi connectivity index (χ1n) is 5.76. The first-order valence-corrected chi connectivity index (χ1v) is 5.76. The van der Waals surface area contributed by atoms with Crippen LogP contribution in [0.25, 0.3) is 11.1 Å². The summed E-state index contributed by atoms with van der Waals surface area (Å²) in [5.74, 6) is 1.26. The number of hydrogen-bond donors (Lipinski definition) is 1. The summed E-state index contributed by atoms with van der Waals surface area (Å²) in [6.45, 7) is 0. The molecular formula is C13H13FN2O. The SMILES string of the molecule is Nc1noc(C2CCC2)c1-c1cccc(F)c1. The van der Waals surface area contributed by atoms with Gasteiger partial charge in [-0.2, -0.15) is 0 Å². The predicted octanol–water partition coefficient (Wildman–Crippen LogP) is 3.33. The van der Waals surface area contributed by atoms with Gasteiger partial charge >= 0.3 is 0 Å². The zero-order chi connectivity index (χ0) is 11.8. The minimum Gasteiger partial charge on any atom is -0.380 e. The highest BCUT2D eigenvalue weighted by Crippen LogP contribution is 2.43. The van der Waals surface area contributed by atoms with E-state index in [1.165, 1.54) is 18.6 Å². The predicted molar refractivity (Wildman–Crippen MR) is 62.9 cm³/mol. The Hall–Kier alpha value is -1.84. The highest BCUT2D eigenvalue weighted by molar-refractivity contribution is 5.76. The monoisotopic (exact) mass is 232 g/mol. The molecule has 1 saturated carbocycles. The maximum Gasteiger partial charge on any atom is 0.175 e. The Balaban J connectivity index is 2.09. The largest absolute Gasteiger partial charge is 0.380 e. The molecule has 88 valence electrons. The fraction of sp³-hybridized carbons (Fsp3) is 0.308. The topological polar surface area (TPSA) is 52.0 Å². The second kappa shape index (κ2) is 3.87. The van der Waals surface area contributed by atoms with Gasteiger partial charge in [0, 0.05) is 5.92 Å². The highest BCUT2D eigenvalue weighted by Gasteiger charge is 2.28. The fourth-order valence-electron chi connectivity index (χ4n) is 2.20. The van der Waals surface area contributed by atoms with E-state index in [1.807, 2.05) is 6.07 Å². The maximum atomic E-state index is 13.2. The summed E-state index contributed by atoms with van der Waals surface area (Å²) in [6.07, 6.45) is 3.39. The van der Waals surface area contributed by atoms with Crippen LogP contribution in [0.1, 0.15) is 30.9 Å². The van der Waals surface area contributed by atoms with E-state index in [4.69, 9.17) is 10.3 Å².